The van der Waals surface area contributed by atoms with Gasteiger partial charge in [-0.05, 0) is 24.1 Å². The van der Waals surface area contributed by atoms with E-state index in [2.05, 4.69) is 9.50 Å². The number of nitrogens with one attached hydrogen (secondary N) is 1. The predicted molar refractivity (Wildman–Crippen MR) is 62.2 cm³/mol. The lowest BCUT2D eigenvalue weighted by molar-refractivity contribution is -0.119. The van der Waals surface area contributed by atoms with Gasteiger partial charge in [0.25, 0.3) is 0 Å². The number of alkyl halides is 3. The minimum Gasteiger partial charge on any atom is -0.376 e. The third kappa shape index (κ3) is 3.03. The van der Waals surface area contributed by atoms with Crippen molar-refractivity contribution in [3.05, 3.63) is 29.8 Å². The van der Waals surface area contributed by atoms with E-state index in [4.69, 9.17) is 0 Å². The molecule has 0 aromatic heterocycles. The van der Waals surface area contributed by atoms with Gasteiger partial charge in [0.2, 0.25) is 5.91 Å². The number of carbonyl (C=O) groups excluding carboxylic acids is 1. The molecule has 9 heteroatoms. The fourth-order valence-corrected chi connectivity index (χ4v) is 2.25. The Hall–Kier alpha value is -1.77. The molecule has 0 unspecified atom stereocenters. The summed E-state index contributed by atoms with van der Waals surface area (Å²) in [6, 6.07) is 4.84. The van der Waals surface area contributed by atoms with Crippen LogP contribution >= 0.6 is 0 Å². The minimum absolute atomic E-state index is 0.102. The molecule has 2 rings (SSSR count). The fraction of sp³-hybridized carbons (Fsp3) is 0.364. The van der Waals surface area contributed by atoms with Gasteiger partial charge in [-0.1, -0.05) is 12.1 Å². The number of benzene rings is 1. The molecule has 1 heterocycles. The standard InChI is InChI=1S/C11H10F3NO4S/c12-11(13,14)20(17,18)19-8-3-1-7(2-4-8)9-5-6-10(16)15-9/h1-4,9H,5-6H2,(H,15,16)/t9-/m1/s1. The summed E-state index contributed by atoms with van der Waals surface area (Å²) < 4.78 is 61.9. The van der Waals surface area contributed by atoms with Crippen LogP contribution in [0.5, 0.6) is 5.75 Å². The number of carbonyl (C=O) groups is 1. The van der Waals surface area contributed by atoms with E-state index in [1.807, 2.05) is 0 Å². The monoisotopic (exact) mass is 309 g/mol. The Bertz CT molecular complexity index is 610. The second-order valence-electron chi connectivity index (χ2n) is 4.21. The highest BCUT2D eigenvalue weighted by atomic mass is 32.2. The van der Waals surface area contributed by atoms with Crippen molar-refractivity contribution in [3.8, 4) is 5.75 Å². The molecule has 1 aliphatic rings. The highest BCUT2D eigenvalue weighted by molar-refractivity contribution is 7.87. The van der Waals surface area contributed by atoms with E-state index >= 15 is 0 Å². The Labute approximate surface area is 112 Å². The molecule has 1 aromatic carbocycles. The van der Waals surface area contributed by atoms with Crippen LogP contribution in [0.1, 0.15) is 24.4 Å². The molecule has 1 amide bonds. The lowest BCUT2D eigenvalue weighted by Gasteiger charge is -2.12. The molecule has 5 nitrogen and oxygen atoms in total. The summed E-state index contributed by atoms with van der Waals surface area (Å²) in [5.74, 6) is -0.537. The maximum Gasteiger partial charge on any atom is 0.534 e. The maximum absolute atomic E-state index is 12.1. The lowest BCUT2D eigenvalue weighted by atomic mass is 10.1. The van der Waals surface area contributed by atoms with Gasteiger partial charge in [0, 0.05) is 6.42 Å². The van der Waals surface area contributed by atoms with Crippen molar-refractivity contribution in [2.24, 2.45) is 0 Å². The summed E-state index contributed by atoms with van der Waals surface area (Å²) in [4.78, 5) is 11.1. The van der Waals surface area contributed by atoms with Crippen LogP contribution in [0.3, 0.4) is 0 Å². The van der Waals surface area contributed by atoms with Crippen molar-refractivity contribution in [3.63, 3.8) is 0 Å². The van der Waals surface area contributed by atoms with Crippen LogP contribution < -0.4 is 9.50 Å². The first kappa shape index (κ1) is 14.6. The van der Waals surface area contributed by atoms with E-state index in [1.54, 1.807) is 0 Å². The van der Waals surface area contributed by atoms with Crippen LogP contribution in [0, 0.1) is 0 Å². The van der Waals surface area contributed by atoms with Crippen LogP contribution in [0.15, 0.2) is 24.3 Å². The molecule has 20 heavy (non-hydrogen) atoms. The van der Waals surface area contributed by atoms with Gasteiger partial charge in [0.1, 0.15) is 5.75 Å². The van der Waals surface area contributed by atoms with E-state index in [1.165, 1.54) is 12.1 Å². The average molecular weight is 309 g/mol. The topological polar surface area (TPSA) is 72.5 Å². The summed E-state index contributed by atoms with van der Waals surface area (Å²) in [6.07, 6.45) is 0.964. The highest BCUT2D eigenvalue weighted by Gasteiger charge is 2.48. The zero-order chi connectivity index (χ0) is 15.0. The van der Waals surface area contributed by atoms with Crippen molar-refractivity contribution in [2.45, 2.75) is 24.4 Å². The van der Waals surface area contributed by atoms with Crippen molar-refractivity contribution < 1.29 is 30.6 Å². The van der Waals surface area contributed by atoms with Crippen molar-refractivity contribution in [2.75, 3.05) is 0 Å². The average Bonchev–Trinajstić information content (AvgIpc) is 2.75. The summed E-state index contributed by atoms with van der Waals surface area (Å²) in [5, 5.41) is 2.68. The molecule has 0 spiro atoms. The van der Waals surface area contributed by atoms with Crippen LogP contribution in [-0.2, 0) is 14.9 Å². The van der Waals surface area contributed by atoms with Gasteiger partial charge in [0.05, 0.1) is 6.04 Å². The third-order valence-corrected chi connectivity index (χ3v) is 3.75. The summed E-state index contributed by atoms with van der Waals surface area (Å²) in [7, 11) is -5.66. The van der Waals surface area contributed by atoms with E-state index in [0.717, 1.165) is 12.1 Å². The van der Waals surface area contributed by atoms with E-state index < -0.39 is 21.4 Å². The molecule has 1 saturated heterocycles. The van der Waals surface area contributed by atoms with Gasteiger partial charge in [-0.3, -0.25) is 4.79 Å². The Morgan fingerprint density at radius 3 is 2.25 bits per heavy atom. The number of hydrogen-bond acceptors (Lipinski definition) is 4. The zero-order valence-corrected chi connectivity index (χ0v) is 10.8. The summed E-state index contributed by atoms with van der Waals surface area (Å²) in [5.41, 5.74) is -4.79. The SMILES string of the molecule is O=C1CC[C@H](c2ccc(OS(=O)(=O)C(F)(F)F)cc2)N1. The van der Waals surface area contributed by atoms with Crippen molar-refractivity contribution in [1.29, 1.82) is 0 Å². The van der Waals surface area contributed by atoms with Gasteiger partial charge in [-0.25, -0.2) is 0 Å². The zero-order valence-electron chi connectivity index (χ0n) is 9.98. The smallest absolute Gasteiger partial charge is 0.376 e. The first-order valence-electron chi connectivity index (χ1n) is 5.59. The van der Waals surface area contributed by atoms with E-state index in [0.29, 0.717) is 18.4 Å². The number of rotatable bonds is 3. The summed E-state index contributed by atoms with van der Waals surface area (Å²) in [6.45, 7) is 0. The van der Waals surface area contributed by atoms with Gasteiger partial charge in [-0.2, -0.15) is 21.6 Å². The Morgan fingerprint density at radius 1 is 1.20 bits per heavy atom. The van der Waals surface area contributed by atoms with E-state index in [-0.39, 0.29) is 11.9 Å². The van der Waals surface area contributed by atoms with Crippen molar-refractivity contribution >= 4 is 16.0 Å². The second kappa shape index (κ2) is 4.97. The Morgan fingerprint density at radius 2 is 1.80 bits per heavy atom. The molecule has 0 bridgehead atoms. The first-order chi connectivity index (χ1) is 9.19. The van der Waals surface area contributed by atoms with Crippen molar-refractivity contribution in [1.82, 2.24) is 5.32 Å². The van der Waals surface area contributed by atoms with Crippen LogP contribution in [-0.4, -0.2) is 19.8 Å². The predicted octanol–water partition coefficient (Wildman–Crippen LogP) is 1.87. The van der Waals surface area contributed by atoms with E-state index in [9.17, 15) is 26.4 Å². The molecule has 1 aromatic rings. The molecule has 110 valence electrons. The second-order valence-corrected chi connectivity index (χ2v) is 5.75. The number of hydrogen-bond donors (Lipinski definition) is 1. The lowest BCUT2D eigenvalue weighted by Crippen LogP contribution is -2.28. The maximum atomic E-state index is 12.1. The van der Waals surface area contributed by atoms with Crippen LogP contribution in [0.2, 0.25) is 0 Å². The minimum atomic E-state index is -5.66. The third-order valence-electron chi connectivity index (χ3n) is 2.77. The Kier molecular flexibility index (Phi) is 3.63. The largest absolute Gasteiger partial charge is 0.534 e. The molecular formula is C11H10F3NO4S. The summed E-state index contributed by atoms with van der Waals surface area (Å²) >= 11 is 0. The van der Waals surface area contributed by atoms with Crippen LogP contribution in [0.25, 0.3) is 0 Å². The number of halogens is 3. The molecule has 0 radical (unpaired) electrons. The van der Waals surface area contributed by atoms with Gasteiger partial charge < -0.3 is 9.50 Å². The molecule has 1 fully saturated rings. The van der Waals surface area contributed by atoms with Crippen LogP contribution in [0.4, 0.5) is 13.2 Å². The number of amides is 1. The molecule has 1 aliphatic heterocycles. The molecule has 1 N–H and O–H groups in total. The van der Waals surface area contributed by atoms with Gasteiger partial charge in [0.15, 0.2) is 0 Å². The normalized spacial score (nSPS) is 19.8. The van der Waals surface area contributed by atoms with Gasteiger partial charge >= 0.3 is 15.6 Å². The highest BCUT2D eigenvalue weighted by Crippen LogP contribution is 2.29. The van der Waals surface area contributed by atoms with Gasteiger partial charge in [-0.15, -0.1) is 0 Å². The molecule has 0 saturated carbocycles. The molecular weight excluding hydrogens is 299 g/mol. The Balaban J connectivity index is 2.11. The first-order valence-corrected chi connectivity index (χ1v) is 7.00. The molecule has 0 aliphatic carbocycles. The molecule has 1 atom stereocenters. The fourth-order valence-electron chi connectivity index (χ4n) is 1.79. The quantitative estimate of drug-likeness (QED) is 0.683.